The maximum atomic E-state index is 12.1. The lowest BCUT2D eigenvalue weighted by Crippen LogP contribution is -2.42. The molecular weight excluding hydrogens is 486 g/mol. The first-order valence-corrected chi connectivity index (χ1v) is 12.3. The summed E-state index contributed by atoms with van der Waals surface area (Å²) in [6.45, 7) is 5.31. The van der Waals surface area contributed by atoms with Gasteiger partial charge in [0.15, 0.2) is 11.5 Å². The zero-order valence-electron chi connectivity index (χ0n) is 22.2. The van der Waals surface area contributed by atoms with E-state index in [0.29, 0.717) is 35.9 Å². The van der Waals surface area contributed by atoms with Gasteiger partial charge in [-0.15, -0.1) is 0 Å². The van der Waals surface area contributed by atoms with Crippen LogP contribution in [0, 0.1) is 0 Å². The molecule has 1 atom stereocenters. The van der Waals surface area contributed by atoms with E-state index >= 15 is 0 Å². The minimum absolute atomic E-state index is 0.275. The predicted molar refractivity (Wildman–Crippen MR) is 146 cm³/mol. The number of benzene rings is 1. The van der Waals surface area contributed by atoms with Crippen LogP contribution in [0.15, 0.2) is 42.9 Å². The molecule has 10 nitrogen and oxygen atoms in total. The van der Waals surface area contributed by atoms with Gasteiger partial charge in [-0.2, -0.15) is 0 Å². The number of nitrogen functional groups attached to an aromatic ring is 1. The van der Waals surface area contributed by atoms with Gasteiger partial charge >= 0.3 is 6.09 Å². The number of fused-ring (bicyclic) bond motifs is 3. The van der Waals surface area contributed by atoms with E-state index in [1.807, 2.05) is 45.0 Å². The van der Waals surface area contributed by atoms with Crippen LogP contribution >= 0.6 is 0 Å². The average Bonchev–Trinajstić information content (AvgIpc) is 2.89. The minimum Gasteiger partial charge on any atom is -0.493 e. The Morgan fingerprint density at radius 1 is 1.03 bits per heavy atom. The molecule has 0 radical (unpaired) electrons. The van der Waals surface area contributed by atoms with E-state index in [9.17, 15) is 9.90 Å². The normalized spacial score (nSPS) is 12.4. The fourth-order valence-electron chi connectivity index (χ4n) is 4.17. The van der Waals surface area contributed by atoms with Gasteiger partial charge in [0, 0.05) is 46.5 Å². The number of anilines is 1. The molecule has 4 rings (SSSR count). The number of carbonyl (C=O) groups excluding carboxylic acids is 1. The number of amides is 1. The van der Waals surface area contributed by atoms with Gasteiger partial charge in [0.1, 0.15) is 11.9 Å². The Balaban J connectivity index is 1.62. The molecule has 3 aromatic heterocycles. The fourth-order valence-corrected chi connectivity index (χ4v) is 4.17. The summed E-state index contributed by atoms with van der Waals surface area (Å²) in [5, 5.41) is 14.9. The first kappa shape index (κ1) is 26.9. The summed E-state index contributed by atoms with van der Waals surface area (Å²) in [4.78, 5) is 25.6. The molecule has 0 spiro atoms. The van der Waals surface area contributed by atoms with E-state index in [4.69, 9.17) is 19.9 Å². The Morgan fingerprint density at radius 3 is 2.45 bits per heavy atom. The molecule has 1 aromatic carbocycles. The second kappa shape index (κ2) is 11.1. The third-order valence-electron chi connectivity index (χ3n) is 6.01. The van der Waals surface area contributed by atoms with E-state index in [1.165, 1.54) is 0 Å². The van der Waals surface area contributed by atoms with Crippen LogP contribution in [0.5, 0.6) is 11.5 Å². The van der Waals surface area contributed by atoms with Crippen molar-refractivity contribution < 1.29 is 24.1 Å². The van der Waals surface area contributed by atoms with Crippen molar-refractivity contribution in [1.82, 2.24) is 20.3 Å². The van der Waals surface area contributed by atoms with Gasteiger partial charge in [-0.05, 0) is 62.8 Å². The number of nitrogens with two attached hydrogens (primary N) is 1. The number of hydrogen-bond donors (Lipinski definition) is 3. The maximum absolute atomic E-state index is 12.1. The Labute approximate surface area is 221 Å². The van der Waals surface area contributed by atoms with Gasteiger partial charge in [0.25, 0.3) is 0 Å². The number of nitrogens with one attached hydrogen (secondary N) is 1. The SMILES string of the molecule is COc1cc2ncc3c(N)nc(-c4cncc(CC[C@H](CO)OC(=O)NC(C)(C)C)c4)cc3c2cc1OC. The van der Waals surface area contributed by atoms with E-state index in [0.717, 1.165) is 32.8 Å². The number of hydrogen-bond acceptors (Lipinski definition) is 9. The zero-order valence-corrected chi connectivity index (χ0v) is 22.2. The van der Waals surface area contributed by atoms with Crippen LogP contribution in [0.1, 0.15) is 32.8 Å². The van der Waals surface area contributed by atoms with Crippen molar-refractivity contribution in [3.8, 4) is 22.8 Å². The highest BCUT2D eigenvalue weighted by Gasteiger charge is 2.19. The van der Waals surface area contributed by atoms with Crippen LogP contribution in [0.3, 0.4) is 0 Å². The molecule has 10 heteroatoms. The van der Waals surface area contributed by atoms with Gasteiger partial charge in [-0.3, -0.25) is 9.97 Å². The standard InChI is InChI=1S/C28H33N5O5/c1-28(2,3)33-27(35)38-18(15-34)7-6-16-8-17(13-30-12-16)22-9-19-20-10-24(36-4)25(37-5)11-23(20)31-14-21(19)26(29)32-22/h8-14,18,34H,6-7,15H2,1-5H3,(H2,29,32)(H,33,35)/t18-/m1/s1. The number of methoxy groups -OCH3 is 2. The number of pyridine rings is 3. The van der Waals surface area contributed by atoms with Crippen LogP contribution in [0.25, 0.3) is 32.9 Å². The molecule has 0 saturated heterocycles. The lowest BCUT2D eigenvalue weighted by Gasteiger charge is -2.22. The zero-order chi connectivity index (χ0) is 27.4. The van der Waals surface area contributed by atoms with Crippen molar-refractivity contribution in [3.05, 3.63) is 48.4 Å². The molecule has 0 unspecified atom stereocenters. The largest absolute Gasteiger partial charge is 0.493 e. The third-order valence-corrected chi connectivity index (χ3v) is 6.01. The molecular formula is C28H33N5O5. The van der Waals surface area contributed by atoms with Crippen LogP contribution in [0.2, 0.25) is 0 Å². The Kier molecular flexibility index (Phi) is 7.82. The van der Waals surface area contributed by atoms with Gasteiger partial charge in [0.05, 0.1) is 32.0 Å². The molecule has 0 fully saturated rings. The Morgan fingerprint density at radius 2 is 1.76 bits per heavy atom. The number of carbonyl (C=O) groups is 1. The van der Waals surface area contributed by atoms with E-state index in [1.54, 1.807) is 32.8 Å². The van der Waals surface area contributed by atoms with Crippen LogP contribution in [-0.4, -0.2) is 58.6 Å². The number of nitrogens with zero attached hydrogens (tertiary/aromatic N) is 3. The quantitative estimate of drug-likeness (QED) is 0.291. The summed E-state index contributed by atoms with van der Waals surface area (Å²) < 4.78 is 16.3. The number of aromatic nitrogens is 3. The van der Waals surface area contributed by atoms with E-state index < -0.39 is 17.7 Å². The molecule has 0 aliphatic carbocycles. The lowest BCUT2D eigenvalue weighted by atomic mass is 10.0. The van der Waals surface area contributed by atoms with Gasteiger partial charge in [-0.25, -0.2) is 9.78 Å². The molecule has 200 valence electrons. The van der Waals surface area contributed by atoms with Crippen LogP contribution in [-0.2, 0) is 11.2 Å². The van der Waals surface area contributed by atoms with E-state index in [-0.39, 0.29) is 6.61 Å². The molecule has 3 heterocycles. The highest BCUT2D eigenvalue weighted by molar-refractivity contribution is 6.10. The molecule has 4 N–H and O–H groups in total. The monoisotopic (exact) mass is 519 g/mol. The summed E-state index contributed by atoms with van der Waals surface area (Å²) in [5.74, 6) is 1.53. The number of rotatable bonds is 8. The molecule has 0 aliphatic heterocycles. The van der Waals surface area contributed by atoms with Crippen molar-refractivity contribution >= 4 is 33.6 Å². The fraction of sp³-hybridized carbons (Fsp3) is 0.357. The number of aliphatic hydroxyl groups excluding tert-OH is 1. The van der Waals surface area contributed by atoms with Gasteiger partial charge < -0.3 is 30.4 Å². The summed E-state index contributed by atoms with van der Waals surface area (Å²) >= 11 is 0. The molecule has 1 amide bonds. The van der Waals surface area contributed by atoms with Crippen LogP contribution in [0.4, 0.5) is 10.6 Å². The number of ether oxygens (including phenoxy) is 3. The summed E-state index contributed by atoms with van der Waals surface area (Å²) in [7, 11) is 3.17. The molecule has 0 bridgehead atoms. The first-order valence-electron chi connectivity index (χ1n) is 12.3. The Hall–Kier alpha value is -4.18. The van der Waals surface area contributed by atoms with Gasteiger partial charge in [0.2, 0.25) is 0 Å². The van der Waals surface area contributed by atoms with Crippen LogP contribution < -0.4 is 20.5 Å². The Bertz CT molecular complexity index is 1470. The summed E-state index contributed by atoms with van der Waals surface area (Å²) in [5.41, 5.74) is 9.01. The van der Waals surface area contributed by atoms with Crippen molar-refractivity contribution in [2.24, 2.45) is 0 Å². The minimum atomic E-state index is -0.638. The average molecular weight is 520 g/mol. The summed E-state index contributed by atoms with van der Waals surface area (Å²) in [6.07, 6.45) is 4.95. The smallest absolute Gasteiger partial charge is 0.407 e. The molecule has 38 heavy (non-hydrogen) atoms. The first-order chi connectivity index (χ1) is 18.1. The predicted octanol–water partition coefficient (Wildman–Crippen LogP) is 4.26. The molecule has 0 saturated carbocycles. The highest BCUT2D eigenvalue weighted by atomic mass is 16.6. The topological polar surface area (TPSA) is 142 Å². The van der Waals surface area contributed by atoms with Crippen molar-refractivity contribution in [2.45, 2.75) is 45.3 Å². The molecule has 0 aliphatic rings. The highest BCUT2D eigenvalue weighted by Crippen LogP contribution is 2.37. The lowest BCUT2D eigenvalue weighted by molar-refractivity contribution is 0.0491. The third kappa shape index (κ3) is 6.03. The van der Waals surface area contributed by atoms with Crippen molar-refractivity contribution in [3.63, 3.8) is 0 Å². The summed E-state index contributed by atoms with van der Waals surface area (Å²) in [6, 6.07) is 7.63. The van der Waals surface area contributed by atoms with Crippen molar-refractivity contribution in [2.75, 3.05) is 26.6 Å². The molecule has 4 aromatic rings. The maximum Gasteiger partial charge on any atom is 0.407 e. The second-order valence-electron chi connectivity index (χ2n) is 10.0. The number of aliphatic hydroxyl groups is 1. The van der Waals surface area contributed by atoms with Crippen molar-refractivity contribution in [1.29, 1.82) is 0 Å². The second-order valence-corrected chi connectivity index (χ2v) is 10.0. The number of aryl methyl sites for hydroxylation is 1. The van der Waals surface area contributed by atoms with E-state index in [2.05, 4.69) is 20.3 Å². The number of alkyl carbamates (subject to hydrolysis) is 1. The van der Waals surface area contributed by atoms with Gasteiger partial charge in [-0.1, -0.05) is 0 Å².